The van der Waals surface area contributed by atoms with Crippen molar-refractivity contribution in [2.24, 2.45) is 0 Å². The van der Waals surface area contributed by atoms with Gasteiger partial charge in [-0.1, -0.05) is 53.2 Å². The summed E-state index contributed by atoms with van der Waals surface area (Å²) < 4.78 is 13.4. The normalized spacial score (nSPS) is 13.7. The number of carbonyl (C=O) groups is 1. The maximum absolute atomic E-state index is 12.5. The lowest BCUT2D eigenvalue weighted by Gasteiger charge is -2.11. The first-order chi connectivity index (χ1) is 10.0. The lowest BCUT2D eigenvalue weighted by atomic mass is 10.1. The van der Waals surface area contributed by atoms with Gasteiger partial charge in [0.2, 0.25) is 0 Å². The van der Waals surface area contributed by atoms with Gasteiger partial charge in [-0.05, 0) is 37.1 Å². The van der Waals surface area contributed by atoms with Crippen LogP contribution >= 0.6 is 15.9 Å². The molecule has 0 aliphatic heterocycles. The van der Waals surface area contributed by atoms with Gasteiger partial charge in [0.15, 0.2) is 5.78 Å². The van der Waals surface area contributed by atoms with Crippen LogP contribution in [-0.4, -0.2) is 15.2 Å². The number of hydrogen-bond acceptors (Lipinski definition) is 2. The molecule has 0 N–H and O–H groups in total. The van der Waals surface area contributed by atoms with Crippen molar-refractivity contribution in [3.05, 3.63) is 64.1 Å². The molecule has 110 valence electrons. The van der Waals surface area contributed by atoms with Crippen molar-refractivity contribution >= 4 is 32.5 Å². The summed E-state index contributed by atoms with van der Waals surface area (Å²) in [4.78, 5) is 13.1. The fourth-order valence-electron chi connectivity index (χ4n) is 2.03. The summed E-state index contributed by atoms with van der Waals surface area (Å²) in [5, 5.41) is -0.563. The molecular formula is C17H17BrO2S. The Kier molecular flexibility index (Phi) is 5.48. The molecule has 0 saturated carbocycles. The topological polar surface area (TPSA) is 34.1 Å². The molecule has 0 aliphatic rings. The van der Waals surface area contributed by atoms with Crippen LogP contribution in [0.2, 0.25) is 0 Å². The van der Waals surface area contributed by atoms with Crippen molar-refractivity contribution in [2.45, 2.75) is 30.4 Å². The molecule has 0 heterocycles. The highest BCUT2D eigenvalue weighted by Gasteiger charge is 2.22. The second-order valence-electron chi connectivity index (χ2n) is 4.81. The van der Waals surface area contributed by atoms with Gasteiger partial charge < -0.3 is 0 Å². The van der Waals surface area contributed by atoms with Crippen LogP contribution in [-0.2, 0) is 17.2 Å². The average Bonchev–Trinajstić information content (AvgIpc) is 2.53. The zero-order valence-electron chi connectivity index (χ0n) is 12.0. The maximum Gasteiger partial charge on any atom is 0.178 e. The molecule has 2 nitrogen and oxygen atoms in total. The number of hydrogen-bond donors (Lipinski definition) is 0. The standard InChI is InChI=1S/C17H17BrO2S/c1-3-13-7-9-14(10-8-13)17(19)12(2)21(20)16-6-4-5-15(18)11-16/h4-12H,3H2,1-2H3. The van der Waals surface area contributed by atoms with Crippen molar-refractivity contribution in [3.8, 4) is 0 Å². The molecule has 0 fully saturated rings. The Labute approximate surface area is 136 Å². The Morgan fingerprint density at radius 2 is 1.86 bits per heavy atom. The minimum atomic E-state index is -1.36. The maximum atomic E-state index is 12.5. The molecule has 0 bridgehead atoms. The van der Waals surface area contributed by atoms with Crippen molar-refractivity contribution in [2.75, 3.05) is 0 Å². The second-order valence-corrected chi connectivity index (χ2v) is 7.50. The second kappa shape index (κ2) is 7.14. The SMILES string of the molecule is CCc1ccc(C(=O)C(C)S(=O)c2cccc(Br)c2)cc1. The number of halogens is 1. The number of aryl methyl sites for hydroxylation is 1. The molecule has 2 unspecified atom stereocenters. The molecule has 2 atom stereocenters. The number of Topliss-reactive ketones (excluding diaryl/α,β-unsaturated/α-hetero) is 1. The van der Waals surface area contributed by atoms with E-state index in [0.29, 0.717) is 10.5 Å². The van der Waals surface area contributed by atoms with Crippen LogP contribution in [0.1, 0.15) is 29.8 Å². The third kappa shape index (κ3) is 3.89. The van der Waals surface area contributed by atoms with Crippen LogP contribution in [0.4, 0.5) is 0 Å². The Hall–Kier alpha value is -1.26. The molecule has 0 amide bonds. The summed E-state index contributed by atoms with van der Waals surface area (Å²) >= 11 is 3.36. The van der Waals surface area contributed by atoms with Crippen LogP contribution in [0.15, 0.2) is 57.9 Å². The van der Waals surface area contributed by atoms with Gasteiger partial charge in [0.25, 0.3) is 0 Å². The molecule has 0 spiro atoms. The summed E-state index contributed by atoms with van der Waals surface area (Å²) in [7, 11) is -1.36. The number of benzene rings is 2. The summed E-state index contributed by atoms with van der Waals surface area (Å²) in [5.74, 6) is -0.0871. The molecule has 21 heavy (non-hydrogen) atoms. The van der Waals surface area contributed by atoms with Crippen LogP contribution in [0.3, 0.4) is 0 Å². The van der Waals surface area contributed by atoms with Gasteiger partial charge in [-0.2, -0.15) is 0 Å². The van der Waals surface area contributed by atoms with Crippen molar-refractivity contribution in [1.82, 2.24) is 0 Å². The molecule has 0 aliphatic carbocycles. The number of ketones is 1. The van der Waals surface area contributed by atoms with Crippen molar-refractivity contribution < 1.29 is 9.00 Å². The quantitative estimate of drug-likeness (QED) is 0.737. The van der Waals surface area contributed by atoms with Gasteiger partial charge in [-0.15, -0.1) is 0 Å². The van der Waals surface area contributed by atoms with E-state index < -0.39 is 16.0 Å². The molecule has 2 aromatic carbocycles. The molecule has 0 aromatic heterocycles. The number of rotatable bonds is 5. The first-order valence-electron chi connectivity index (χ1n) is 6.82. The van der Waals surface area contributed by atoms with Gasteiger partial charge in [-0.3, -0.25) is 9.00 Å². The molecular weight excluding hydrogens is 348 g/mol. The highest BCUT2D eigenvalue weighted by atomic mass is 79.9. The third-order valence-corrected chi connectivity index (χ3v) is 5.43. The van der Waals surface area contributed by atoms with Crippen molar-refractivity contribution in [1.29, 1.82) is 0 Å². The minimum Gasteiger partial charge on any atom is -0.293 e. The number of carbonyl (C=O) groups excluding carboxylic acids is 1. The predicted octanol–water partition coefficient (Wildman–Crippen LogP) is 4.39. The van der Waals surface area contributed by atoms with Crippen molar-refractivity contribution in [3.63, 3.8) is 0 Å². The molecule has 0 saturated heterocycles. The van der Waals surface area contributed by atoms with E-state index in [2.05, 4.69) is 22.9 Å². The van der Waals surface area contributed by atoms with E-state index in [1.165, 1.54) is 5.56 Å². The van der Waals surface area contributed by atoms with Crippen LogP contribution in [0, 0.1) is 0 Å². The smallest absolute Gasteiger partial charge is 0.178 e. The zero-order valence-corrected chi connectivity index (χ0v) is 14.4. The minimum absolute atomic E-state index is 0.0871. The Bertz CT molecular complexity index is 665. The van der Waals surface area contributed by atoms with E-state index in [9.17, 15) is 9.00 Å². The highest BCUT2D eigenvalue weighted by molar-refractivity contribution is 9.10. The van der Waals surface area contributed by atoms with Crippen LogP contribution in [0.25, 0.3) is 0 Å². The predicted molar refractivity (Wildman–Crippen MR) is 90.2 cm³/mol. The van der Waals surface area contributed by atoms with Gasteiger partial charge in [0.05, 0.1) is 16.0 Å². The molecule has 2 aromatic rings. The van der Waals surface area contributed by atoms with E-state index in [1.807, 2.05) is 36.4 Å². The van der Waals surface area contributed by atoms with Gasteiger partial charge >= 0.3 is 0 Å². The zero-order chi connectivity index (χ0) is 15.4. The third-order valence-electron chi connectivity index (χ3n) is 3.37. The Morgan fingerprint density at radius 3 is 2.43 bits per heavy atom. The Balaban J connectivity index is 2.20. The van der Waals surface area contributed by atoms with E-state index in [4.69, 9.17) is 0 Å². The summed E-state index contributed by atoms with van der Waals surface area (Å²) in [6.07, 6.45) is 0.938. The monoisotopic (exact) mass is 364 g/mol. The van der Waals surface area contributed by atoms with Crippen LogP contribution in [0.5, 0.6) is 0 Å². The van der Waals surface area contributed by atoms with E-state index in [1.54, 1.807) is 19.1 Å². The highest BCUT2D eigenvalue weighted by Crippen LogP contribution is 2.19. The summed E-state index contributed by atoms with van der Waals surface area (Å²) in [5.41, 5.74) is 1.80. The van der Waals surface area contributed by atoms with Gasteiger partial charge in [0.1, 0.15) is 0 Å². The average molecular weight is 365 g/mol. The fourth-order valence-corrected chi connectivity index (χ4v) is 3.78. The van der Waals surface area contributed by atoms with Gasteiger partial charge in [0, 0.05) is 14.9 Å². The van der Waals surface area contributed by atoms with Gasteiger partial charge in [-0.25, -0.2) is 0 Å². The lowest BCUT2D eigenvalue weighted by Crippen LogP contribution is -2.22. The first-order valence-corrected chi connectivity index (χ1v) is 8.83. The first kappa shape index (κ1) is 16.1. The largest absolute Gasteiger partial charge is 0.293 e. The van der Waals surface area contributed by atoms with E-state index >= 15 is 0 Å². The molecule has 0 radical (unpaired) electrons. The van der Waals surface area contributed by atoms with Crippen LogP contribution < -0.4 is 0 Å². The lowest BCUT2D eigenvalue weighted by molar-refractivity contribution is 0.0992. The summed E-state index contributed by atoms with van der Waals surface area (Å²) in [6.45, 7) is 3.79. The summed E-state index contributed by atoms with van der Waals surface area (Å²) in [6, 6.07) is 14.8. The molecule has 4 heteroatoms. The Morgan fingerprint density at radius 1 is 1.19 bits per heavy atom. The van der Waals surface area contributed by atoms with E-state index in [-0.39, 0.29) is 5.78 Å². The molecule has 2 rings (SSSR count). The van der Waals surface area contributed by atoms with E-state index in [0.717, 1.165) is 10.9 Å². The fraction of sp³-hybridized carbons (Fsp3) is 0.235.